The summed E-state index contributed by atoms with van der Waals surface area (Å²) in [6, 6.07) is 17.4. The number of rotatable bonds is 4. The zero-order valence-electron chi connectivity index (χ0n) is 17.6. The van der Waals surface area contributed by atoms with E-state index in [-0.39, 0.29) is 12.2 Å². The molecular weight excluding hydrogens is 392 g/mol. The number of hydrogen-bond acceptors (Lipinski definition) is 5. The van der Waals surface area contributed by atoms with Crippen LogP contribution in [0.5, 0.6) is 11.5 Å². The number of aromatic nitrogens is 3. The van der Waals surface area contributed by atoms with Crippen molar-refractivity contribution in [2.24, 2.45) is 0 Å². The van der Waals surface area contributed by atoms with Gasteiger partial charge >= 0.3 is 0 Å². The molecule has 0 aliphatic carbocycles. The maximum atomic E-state index is 11.9. The Kier molecular flexibility index (Phi) is 4.39. The molecule has 4 aromatic rings. The zero-order valence-corrected chi connectivity index (χ0v) is 17.6. The minimum Gasteiger partial charge on any atom is -0.454 e. The van der Waals surface area contributed by atoms with E-state index in [2.05, 4.69) is 30.9 Å². The summed E-state index contributed by atoms with van der Waals surface area (Å²) in [7, 11) is 0. The number of benzene rings is 2. The van der Waals surface area contributed by atoms with Crippen LogP contribution in [-0.4, -0.2) is 27.8 Å². The number of hydrogen-bond donors (Lipinski definition) is 0. The topological polar surface area (TPSA) is 69.0 Å². The van der Waals surface area contributed by atoms with Crippen LogP contribution < -0.4 is 14.4 Å². The molecule has 0 saturated heterocycles. The summed E-state index contributed by atoms with van der Waals surface area (Å²) in [6.45, 7) is 6.70. The van der Waals surface area contributed by atoms with Gasteiger partial charge in [0.05, 0.1) is 17.6 Å². The highest BCUT2D eigenvalue weighted by molar-refractivity contribution is 5.85. The molecule has 0 bridgehead atoms. The Bertz CT molecular complexity index is 1270. The monoisotopic (exact) mass is 414 g/mol. The van der Waals surface area contributed by atoms with Crippen LogP contribution in [0.2, 0.25) is 0 Å². The summed E-state index contributed by atoms with van der Waals surface area (Å²) in [5.41, 5.74) is 4.32. The van der Waals surface area contributed by atoms with Crippen LogP contribution in [-0.2, 0) is 10.2 Å². The summed E-state index contributed by atoms with van der Waals surface area (Å²) in [5, 5.41) is 4.66. The first-order chi connectivity index (χ1) is 14.9. The van der Waals surface area contributed by atoms with Crippen molar-refractivity contribution in [3.63, 3.8) is 0 Å². The van der Waals surface area contributed by atoms with Gasteiger partial charge in [-0.25, -0.2) is 9.50 Å². The molecule has 5 rings (SSSR count). The van der Waals surface area contributed by atoms with Crippen molar-refractivity contribution in [3.05, 3.63) is 66.4 Å². The SMILES string of the molecule is CC(C)(C)c1ccc(N(C=O)c2cn3nc(-c4ccc5c(c4)OCO5)ccc3n2)cc1. The van der Waals surface area contributed by atoms with Crippen LogP contribution in [0.1, 0.15) is 26.3 Å². The molecule has 0 unspecified atom stereocenters. The van der Waals surface area contributed by atoms with Gasteiger partial charge in [-0.3, -0.25) is 9.69 Å². The minimum atomic E-state index is 0.0443. The molecule has 1 aliphatic rings. The molecule has 0 atom stereocenters. The molecule has 2 aromatic carbocycles. The van der Waals surface area contributed by atoms with Crippen LogP contribution in [0.15, 0.2) is 60.8 Å². The Morgan fingerprint density at radius 3 is 2.52 bits per heavy atom. The largest absolute Gasteiger partial charge is 0.454 e. The van der Waals surface area contributed by atoms with Gasteiger partial charge in [0.1, 0.15) is 0 Å². The van der Waals surface area contributed by atoms with Crippen LogP contribution in [0.4, 0.5) is 11.5 Å². The lowest BCUT2D eigenvalue weighted by atomic mass is 9.87. The van der Waals surface area contributed by atoms with Gasteiger partial charge in [0.25, 0.3) is 0 Å². The average Bonchev–Trinajstić information content (AvgIpc) is 3.39. The Hall–Kier alpha value is -3.87. The predicted octanol–water partition coefficient (Wildman–Crippen LogP) is 4.72. The standard InChI is InChI=1S/C24H22N4O3/c1-24(2,3)17-5-7-18(8-6-17)27(14-29)23-13-28-22(25-23)11-9-19(26-28)16-4-10-20-21(12-16)31-15-30-20/h4-14H,15H2,1-3H3. The second kappa shape index (κ2) is 7.12. The molecule has 0 radical (unpaired) electrons. The Balaban J connectivity index is 1.48. The van der Waals surface area contributed by atoms with Gasteiger partial charge in [-0.15, -0.1) is 0 Å². The lowest BCUT2D eigenvalue weighted by Gasteiger charge is -2.20. The zero-order chi connectivity index (χ0) is 21.6. The number of imidazole rings is 1. The summed E-state index contributed by atoms with van der Waals surface area (Å²) >= 11 is 0. The van der Waals surface area contributed by atoms with E-state index in [0.717, 1.165) is 29.1 Å². The quantitative estimate of drug-likeness (QED) is 0.452. The fourth-order valence-corrected chi connectivity index (χ4v) is 3.56. The van der Waals surface area contributed by atoms with Crippen molar-refractivity contribution in [2.75, 3.05) is 11.7 Å². The Morgan fingerprint density at radius 2 is 1.77 bits per heavy atom. The summed E-state index contributed by atoms with van der Waals surface area (Å²) in [4.78, 5) is 18.0. The Labute approximate surface area is 179 Å². The van der Waals surface area contributed by atoms with Gasteiger partial charge in [0.2, 0.25) is 13.2 Å². The van der Waals surface area contributed by atoms with Crippen LogP contribution in [0.25, 0.3) is 16.9 Å². The number of carbonyl (C=O) groups excluding carboxylic acids is 1. The van der Waals surface area contributed by atoms with Gasteiger partial charge in [-0.2, -0.15) is 5.10 Å². The van der Waals surface area contributed by atoms with Gasteiger partial charge in [-0.1, -0.05) is 32.9 Å². The van der Waals surface area contributed by atoms with Gasteiger partial charge in [0.15, 0.2) is 23.0 Å². The first kappa shape index (κ1) is 19.1. The predicted molar refractivity (Wildman–Crippen MR) is 118 cm³/mol. The van der Waals surface area contributed by atoms with Crippen molar-refractivity contribution in [2.45, 2.75) is 26.2 Å². The molecule has 31 heavy (non-hydrogen) atoms. The highest BCUT2D eigenvalue weighted by Gasteiger charge is 2.18. The molecule has 0 saturated carbocycles. The van der Waals surface area contributed by atoms with Crippen molar-refractivity contribution in [1.29, 1.82) is 0 Å². The van der Waals surface area contributed by atoms with Crippen molar-refractivity contribution < 1.29 is 14.3 Å². The van der Waals surface area contributed by atoms with Gasteiger partial charge < -0.3 is 9.47 Å². The third kappa shape index (κ3) is 3.48. The normalized spacial score (nSPS) is 12.9. The number of anilines is 2. The fourth-order valence-electron chi connectivity index (χ4n) is 3.56. The Morgan fingerprint density at radius 1 is 1.00 bits per heavy atom. The van der Waals surface area contributed by atoms with Crippen LogP contribution >= 0.6 is 0 Å². The van der Waals surface area contributed by atoms with Gasteiger partial charge in [-0.05, 0) is 53.4 Å². The number of carbonyl (C=O) groups is 1. The van der Waals surface area contributed by atoms with Crippen LogP contribution in [0.3, 0.4) is 0 Å². The molecule has 7 nitrogen and oxygen atoms in total. The first-order valence-electron chi connectivity index (χ1n) is 10.0. The summed E-state index contributed by atoms with van der Waals surface area (Å²) < 4.78 is 12.5. The van der Waals surface area contributed by atoms with E-state index < -0.39 is 0 Å². The molecule has 1 amide bonds. The lowest BCUT2D eigenvalue weighted by molar-refractivity contribution is -0.106. The maximum absolute atomic E-state index is 11.9. The third-order valence-electron chi connectivity index (χ3n) is 5.34. The van der Waals surface area contributed by atoms with E-state index in [1.54, 1.807) is 10.7 Å². The van der Waals surface area contributed by atoms with Crippen molar-refractivity contribution in [3.8, 4) is 22.8 Å². The molecule has 0 fully saturated rings. The number of fused-ring (bicyclic) bond motifs is 2. The molecule has 1 aliphatic heterocycles. The highest BCUT2D eigenvalue weighted by Crippen LogP contribution is 2.35. The fraction of sp³-hybridized carbons (Fsp3) is 0.208. The van der Waals surface area contributed by atoms with Crippen molar-refractivity contribution in [1.82, 2.24) is 14.6 Å². The molecular formula is C24H22N4O3. The van der Waals surface area contributed by atoms with Gasteiger partial charge in [0, 0.05) is 5.56 Å². The minimum absolute atomic E-state index is 0.0443. The summed E-state index contributed by atoms with van der Waals surface area (Å²) in [5.74, 6) is 1.94. The lowest BCUT2D eigenvalue weighted by Crippen LogP contribution is -2.15. The molecule has 0 N–H and O–H groups in total. The van der Waals surface area contributed by atoms with E-state index >= 15 is 0 Å². The van der Waals surface area contributed by atoms with E-state index in [1.807, 2.05) is 54.6 Å². The number of nitrogens with zero attached hydrogens (tertiary/aromatic N) is 4. The second-order valence-electron chi connectivity index (χ2n) is 8.46. The highest BCUT2D eigenvalue weighted by atomic mass is 16.7. The van der Waals surface area contributed by atoms with E-state index in [0.29, 0.717) is 17.2 Å². The average molecular weight is 414 g/mol. The van der Waals surface area contributed by atoms with E-state index in [4.69, 9.17) is 9.47 Å². The first-order valence-corrected chi connectivity index (χ1v) is 10.0. The third-order valence-corrected chi connectivity index (χ3v) is 5.34. The van der Waals surface area contributed by atoms with Crippen molar-refractivity contribution >= 4 is 23.6 Å². The number of amides is 1. The molecule has 156 valence electrons. The van der Waals surface area contributed by atoms with Crippen LogP contribution in [0, 0.1) is 0 Å². The maximum Gasteiger partial charge on any atom is 0.231 e. The van der Waals surface area contributed by atoms with E-state index in [9.17, 15) is 4.79 Å². The molecule has 2 aromatic heterocycles. The van der Waals surface area contributed by atoms with E-state index in [1.165, 1.54) is 10.5 Å². The summed E-state index contributed by atoms with van der Waals surface area (Å²) in [6.07, 6.45) is 2.52. The molecule has 0 spiro atoms. The second-order valence-corrected chi connectivity index (χ2v) is 8.46. The smallest absolute Gasteiger partial charge is 0.231 e. The number of ether oxygens (including phenoxy) is 2. The molecule has 7 heteroatoms. The molecule has 3 heterocycles.